The maximum atomic E-state index is 5.78. The van der Waals surface area contributed by atoms with Crippen LogP contribution in [0.2, 0.25) is 0 Å². The number of ether oxygens (including phenoxy) is 3. The van der Waals surface area contributed by atoms with Crippen LogP contribution in [0.1, 0.15) is 10.1 Å². The van der Waals surface area contributed by atoms with E-state index in [4.69, 9.17) is 25.8 Å². The Morgan fingerprint density at radius 1 is 1.24 bits per heavy atom. The highest BCUT2D eigenvalue weighted by Crippen LogP contribution is 2.33. The highest BCUT2D eigenvalue weighted by atomic mass is 35.5. The van der Waals surface area contributed by atoms with E-state index in [2.05, 4.69) is 25.3 Å². The Hall–Kier alpha value is -0.230. The van der Waals surface area contributed by atoms with Crippen molar-refractivity contribution in [1.82, 2.24) is 0 Å². The molecule has 0 fully saturated rings. The highest BCUT2D eigenvalue weighted by Gasteiger charge is 2.10. The summed E-state index contributed by atoms with van der Waals surface area (Å²) in [5, 5.41) is 0. The Morgan fingerprint density at radius 3 is 2.47 bits per heavy atom. The van der Waals surface area contributed by atoms with E-state index < -0.39 is 5.56 Å². The average Bonchev–Trinajstić information content (AvgIpc) is 2.35. The van der Waals surface area contributed by atoms with Crippen molar-refractivity contribution in [2.24, 2.45) is 0 Å². The zero-order valence-corrected chi connectivity index (χ0v) is 12.1. The molecule has 96 valence electrons. The molecule has 0 aliphatic heterocycles. The summed E-state index contributed by atoms with van der Waals surface area (Å²) in [4.78, 5) is 0. The van der Waals surface area contributed by atoms with Crippen molar-refractivity contribution in [3.8, 4) is 11.5 Å². The largest absolute Gasteiger partial charge is 0.493 e. The Morgan fingerprint density at radius 2 is 1.94 bits per heavy atom. The maximum absolute atomic E-state index is 5.78. The van der Waals surface area contributed by atoms with Gasteiger partial charge >= 0.3 is 0 Å². The van der Waals surface area contributed by atoms with Gasteiger partial charge in [-0.25, -0.2) is 0 Å². The molecule has 1 rings (SSSR count). The van der Waals surface area contributed by atoms with Crippen LogP contribution in [0.3, 0.4) is 0 Å². The van der Waals surface area contributed by atoms with Gasteiger partial charge in [-0.2, -0.15) is 25.3 Å². The minimum Gasteiger partial charge on any atom is -0.493 e. The van der Waals surface area contributed by atoms with E-state index in [1.165, 1.54) is 7.11 Å². The molecular weight excluding hydrogens is 280 g/mol. The summed E-state index contributed by atoms with van der Waals surface area (Å²) >= 11 is 14.2. The van der Waals surface area contributed by atoms with E-state index >= 15 is 0 Å². The summed E-state index contributed by atoms with van der Waals surface area (Å²) < 4.78 is 15.4. The van der Waals surface area contributed by atoms with Crippen LogP contribution in [-0.2, 0) is 4.74 Å². The third kappa shape index (κ3) is 4.50. The molecule has 0 spiro atoms. The second-order valence-electron chi connectivity index (χ2n) is 3.24. The van der Waals surface area contributed by atoms with Crippen molar-refractivity contribution < 1.29 is 14.2 Å². The summed E-state index contributed by atoms with van der Waals surface area (Å²) in [6.07, 6.45) is 0. The quantitative estimate of drug-likeness (QED) is 0.479. The van der Waals surface area contributed by atoms with Gasteiger partial charge in [-0.1, -0.05) is 17.7 Å². The van der Waals surface area contributed by atoms with Crippen molar-refractivity contribution in [1.29, 1.82) is 0 Å². The lowest BCUT2D eigenvalue weighted by Gasteiger charge is -2.14. The molecule has 1 atom stereocenters. The monoisotopic (exact) mass is 294 g/mol. The van der Waals surface area contributed by atoms with E-state index in [9.17, 15) is 0 Å². The van der Waals surface area contributed by atoms with E-state index in [1.807, 2.05) is 12.1 Å². The van der Waals surface area contributed by atoms with Gasteiger partial charge in [0.05, 0.1) is 11.7 Å². The lowest BCUT2D eigenvalue weighted by Crippen LogP contribution is -2.13. The number of methoxy groups -OCH3 is 2. The molecule has 0 N–H and O–H groups in total. The number of alkyl halides is 1. The molecular formula is C11H15ClO3S2. The van der Waals surface area contributed by atoms with Gasteiger partial charge in [0.25, 0.3) is 0 Å². The van der Waals surface area contributed by atoms with Gasteiger partial charge in [-0.15, -0.1) is 0 Å². The summed E-state index contributed by atoms with van der Waals surface area (Å²) in [6.45, 7) is 0.249. The lowest BCUT2D eigenvalue weighted by molar-refractivity contribution is 0.113. The number of halogens is 1. The van der Waals surface area contributed by atoms with Crippen LogP contribution in [0.25, 0.3) is 0 Å². The van der Waals surface area contributed by atoms with Crippen molar-refractivity contribution in [2.45, 2.75) is 10.1 Å². The van der Waals surface area contributed by atoms with Gasteiger partial charge in [-0.05, 0) is 17.7 Å². The van der Waals surface area contributed by atoms with Gasteiger partial charge in [0.15, 0.2) is 17.1 Å². The fraction of sp³-hybridized carbons (Fsp3) is 0.455. The SMILES string of the molecule is COc1cc(C(S)S)ccc1OCC(Cl)OC. The molecule has 3 nitrogen and oxygen atoms in total. The topological polar surface area (TPSA) is 27.7 Å². The molecule has 17 heavy (non-hydrogen) atoms. The van der Waals surface area contributed by atoms with E-state index in [1.54, 1.807) is 13.2 Å². The molecule has 0 heterocycles. The maximum Gasteiger partial charge on any atom is 0.164 e. The first-order chi connectivity index (χ1) is 8.08. The van der Waals surface area contributed by atoms with Gasteiger partial charge in [0.2, 0.25) is 0 Å². The van der Waals surface area contributed by atoms with Gasteiger partial charge in [-0.3, -0.25) is 0 Å². The predicted octanol–water partition coefficient (Wildman–Crippen LogP) is 3.14. The molecule has 0 saturated heterocycles. The Kier molecular flexibility index (Phi) is 6.33. The standard InChI is InChI=1S/C11H15ClO3S2/c1-13-9-5-7(11(16)17)3-4-8(9)15-6-10(12)14-2/h3-5,10-11,16-17H,6H2,1-2H3. The molecule has 0 aromatic heterocycles. The third-order valence-electron chi connectivity index (χ3n) is 2.11. The minimum atomic E-state index is -0.484. The Balaban J connectivity index is 2.78. The van der Waals surface area contributed by atoms with Gasteiger partial charge in [0, 0.05) is 7.11 Å². The summed E-state index contributed by atoms with van der Waals surface area (Å²) in [5.41, 5.74) is 0.455. The molecule has 0 radical (unpaired) electrons. The smallest absolute Gasteiger partial charge is 0.164 e. The molecule has 1 aromatic rings. The first-order valence-electron chi connectivity index (χ1n) is 4.92. The van der Waals surface area contributed by atoms with Crippen LogP contribution in [0, 0.1) is 0 Å². The highest BCUT2D eigenvalue weighted by molar-refractivity contribution is 7.98. The fourth-order valence-corrected chi connectivity index (χ4v) is 1.57. The van der Waals surface area contributed by atoms with E-state index in [0.717, 1.165) is 5.56 Å². The second kappa shape index (κ2) is 7.26. The number of hydrogen-bond donors (Lipinski definition) is 2. The third-order valence-corrected chi connectivity index (χ3v) is 3.01. The molecule has 1 aromatic carbocycles. The van der Waals surface area contributed by atoms with Crippen molar-refractivity contribution in [3.63, 3.8) is 0 Å². The Labute approximate surface area is 117 Å². The predicted molar refractivity (Wildman–Crippen MR) is 75.9 cm³/mol. The van der Waals surface area contributed by atoms with Gasteiger partial charge < -0.3 is 14.2 Å². The normalized spacial score (nSPS) is 12.6. The Bertz CT molecular complexity index is 361. The van der Waals surface area contributed by atoms with Crippen LogP contribution in [0.15, 0.2) is 18.2 Å². The lowest BCUT2D eigenvalue weighted by atomic mass is 10.2. The van der Waals surface area contributed by atoms with Crippen LogP contribution in [0.4, 0.5) is 0 Å². The molecule has 1 unspecified atom stereocenters. The molecule has 6 heteroatoms. The summed E-state index contributed by atoms with van der Waals surface area (Å²) in [7, 11) is 3.10. The number of thiol groups is 2. The average molecular weight is 295 g/mol. The van der Waals surface area contributed by atoms with Crippen molar-refractivity contribution in [2.75, 3.05) is 20.8 Å². The minimum absolute atomic E-state index is 0.155. The zero-order chi connectivity index (χ0) is 12.8. The number of benzene rings is 1. The molecule has 0 saturated carbocycles. The molecule has 0 amide bonds. The van der Waals surface area contributed by atoms with Crippen LogP contribution < -0.4 is 9.47 Å². The number of rotatable bonds is 6. The van der Waals surface area contributed by atoms with Crippen LogP contribution in [0.5, 0.6) is 11.5 Å². The number of hydrogen-bond acceptors (Lipinski definition) is 5. The first kappa shape index (κ1) is 14.8. The van der Waals surface area contributed by atoms with Crippen LogP contribution >= 0.6 is 36.9 Å². The summed E-state index contributed by atoms with van der Waals surface area (Å²) in [5.74, 6) is 1.23. The van der Waals surface area contributed by atoms with E-state index in [-0.39, 0.29) is 11.2 Å². The fourth-order valence-electron chi connectivity index (χ4n) is 1.19. The molecule has 0 aliphatic rings. The van der Waals surface area contributed by atoms with Crippen LogP contribution in [-0.4, -0.2) is 26.4 Å². The van der Waals surface area contributed by atoms with Gasteiger partial charge in [0.1, 0.15) is 6.61 Å². The van der Waals surface area contributed by atoms with E-state index in [0.29, 0.717) is 11.5 Å². The summed E-state index contributed by atoms with van der Waals surface area (Å²) in [6, 6.07) is 5.50. The van der Waals surface area contributed by atoms with Crippen molar-refractivity contribution >= 4 is 36.9 Å². The molecule has 0 bridgehead atoms. The first-order valence-corrected chi connectivity index (χ1v) is 6.39. The van der Waals surface area contributed by atoms with Crippen molar-refractivity contribution in [3.05, 3.63) is 23.8 Å². The molecule has 0 aliphatic carbocycles. The second-order valence-corrected chi connectivity index (χ2v) is 5.17. The zero-order valence-electron chi connectivity index (χ0n) is 9.59.